The molecule has 3 atom stereocenters. The normalized spacial score (nSPS) is 33.5. The summed E-state index contributed by atoms with van der Waals surface area (Å²) in [5, 5.41) is 0. The number of carbonyl (C=O) groups is 1. The highest BCUT2D eigenvalue weighted by Gasteiger charge is 2.34. The summed E-state index contributed by atoms with van der Waals surface area (Å²) in [7, 11) is 0. The largest absolute Gasteiger partial charge is 0.483 e. The second kappa shape index (κ2) is 5.11. The molecule has 2 aliphatic rings. The Morgan fingerprint density at radius 2 is 2.18 bits per heavy atom. The molecule has 0 aromatic heterocycles. The molecule has 1 heterocycles. The van der Waals surface area contributed by atoms with Gasteiger partial charge < -0.3 is 9.47 Å². The van der Waals surface area contributed by atoms with E-state index in [1.54, 1.807) is 6.08 Å². The standard InChI is InChI=1S/C14H22O3/c1-9(2)11-5-4-10(3)8-13(11)17-12-6-7-16-14(12)15/h6,9-11,13H,4-5,7-8H2,1-3H3. The number of hydrogen-bond acceptors (Lipinski definition) is 3. The Labute approximate surface area is 103 Å². The Hall–Kier alpha value is -0.990. The molecule has 3 heteroatoms. The van der Waals surface area contributed by atoms with Crippen LogP contribution in [0.15, 0.2) is 11.8 Å². The lowest BCUT2D eigenvalue weighted by Crippen LogP contribution is -2.34. The zero-order valence-corrected chi connectivity index (χ0v) is 10.9. The minimum atomic E-state index is -0.300. The molecule has 0 radical (unpaired) electrons. The van der Waals surface area contributed by atoms with Gasteiger partial charge in [-0.05, 0) is 30.6 Å². The molecular formula is C14H22O3. The van der Waals surface area contributed by atoms with Crippen LogP contribution >= 0.6 is 0 Å². The molecule has 17 heavy (non-hydrogen) atoms. The smallest absolute Gasteiger partial charge is 0.373 e. The van der Waals surface area contributed by atoms with Gasteiger partial charge in [0.15, 0.2) is 0 Å². The quantitative estimate of drug-likeness (QED) is 0.709. The van der Waals surface area contributed by atoms with Crippen molar-refractivity contribution < 1.29 is 14.3 Å². The van der Waals surface area contributed by atoms with Crippen molar-refractivity contribution in [2.24, 2.45) is 17.8 Å². The number of carbonyl (C=O) groups excluding carboxylic acids is 1. The lowest BCUT2D eigenvalue weighted by atomic mass is 9.75. The van der Waals surface area contributed by atoms with Crippen molar-refractivity contribution in [3.8, 4) is 0 Å². The van der Waals surface area contributed by atoms with E-state index in [2.05, 4.69) is 20.8 Å². The second-order valence-corrected chi connectivity index (χ2v) is 5.65. The summed E-state index contributed by atoms with van der Waals surface area (Å²) < 4.78 is 10.8. The van der Waals surface area contributed by atoms with Gasteiger partial charge in [0, 0.05) is 6.08 Å². The number of hydrogen-bond donors (Lipinski definition) is 0. The molecule has 1 saturated carbocycles. The Morgan fingerprint density at radius 1 is 1.41 bits per heavy atom. The maximum atomic E-state index is 11.4. The molecular weight excluding hydrogens is 216 g/mol. The summed E-state index contributed by atoms with van der Waals surface area (Å²) in [6.45, 7) is 7.09. The third-order valence-electron chi connectivity index (χ3n) is 3.92. The van der Waals surface area contributed by atoms with E-state index in [0.717, 1.165) is 6.42 Å². The summed E-state index contributed by atoms with van der Waals surface area (Å²) in [5.41, 5.74) is 0. The average molecular weight is 238 g/mol. The molecule has 0 amide bonds. The van der Waals surface area contributed by atoms with Crippen molar-refractivity contribution in [3.63, 3.8) is 0 Å². The molecule has 0 aromatic carbocycles. The van der Waals surface area contributed by atoms with Crippen molar-refractivity contribution in [2.75, 3.05) is 6.61 Å². The van der Waals surface area contributed by atoms with Gasteiger partial charge in [-0.3, -0.25) is 0 Å². The van der Waals surface area contributed by atoms with Gasteiger partial charge in [0.1, 0.15) is 12.7 Å². The van der Waals surface area contributed by atoms with E-state index in [9.17, 15) is 4.79 Å². The van der Waals surface area contributed by atoms with Crippen LogP contribution < -0.4 is 0 Å². The summed E-state index contributed by atoms with van der Waals surface area (Å²) >= 11 is 0. The molecule has 0 spiro atoms. The molecule has 0 aromatic rings. The van der Waals surface area contributed by atoms with Gasteiger partial charge in [-0.1, -0.05) is 27.2 Å². The molecule has 3 unspecified atom stereocenters. The molecule has 0 bridgehead atoms. The van der Waals surface area contributed by atoms with Crippen molar-refractivity contribution >= 4 is 5.97 Å². The minimum Gasteiger partial charge on any atom is -0.483 e. The van der Waals surface area contributed by atoms with Gasteiger partial charge in [-0.2, -0.15) is 0 Å². The fourth-order valence-electron chi connectivity index (χ4n) is 2.86. The first-order chi connectivity index (χ1) is 8.08. The van der Waals surface area contributed by atoms with Crippen molar-refractivity contribution in [2.45, 2.75) is 46.1 Å². The highest BCUT2D eigenvalue weighted by Crippen LogP contribution is 2.36. The average Bonchev–Trinajstić information content (AvgIpc) is 2.64. The topological polar surface area (TPSA) is 35.5 Å². The molecule has 0 saturated heterocycles. The summed E-state index contributed by atoms with van der Waals surface area (Å²) in [6, 6.07) is 0. The first kappa shape index (κ1) is 12.5. The van der Waals surface area contributed by atoms with Gasteiger partial charge in [0.25, 0.3) is 0 Å². The first-order valence-corrected chi connectivity index (χ1v) is 6.62. The third kappa shape index (κ3) is 2.82. The van der Waals surface area contributed by atoms with Gasteiger partial charge in [0.2, 0.25) is 5.76 Å². The number of cyclic esters (lactones) is 1. The van der Waals surface area contributed by atoms with E-state index in [0.29, 0.717) is 30.1 Å². The van der Waals surface area contributed by atoms with Crippen LogP contribution in [0.4, 0.5) is 0 Å². The Morgan fingerprint density at radius 3 is 2.76 bits per heavy atom. The lowest BCUT2D eigenvalue weighted by molar-refractivity contribution is -0.141. The van der Waals surface area contributed by atoms with Crippen molar-refractivity contribution in [3.05, 3.63) is 11.8 Å². The van der Waals surface area contributed by atoms with Crippen molar-refractivity contribution in [1.29, 1.82) is 0 Å². The van der Waals surface area contributed by atoms with Crippen LogP contribution in [0.5, 0.6) is 0 Å². The first-order valence-electron chi connectivity index (χ1n) is 6.62. The monoisotopic (exact) mass is 238 g/mol. The van der Waals surface area contributed by atoms with Gasteiger partial charge in [0.05, 0.1) is 0 Å². The number of ether oxygens (including phenoxy) is 2. The van der Waals surface area contributed by atoms with E-state index in [1.165, 1.54) is 12.8 Å². The van der Waals surface area contributed by atoms with Crippen LogP contribution in [0.3, 0.4) is 0 Å². The maximum absolute atomic E-state index is 11.4. The molecule has 1 aliphatic carbocycles. The fourth-order valence-corrected chi connectivity index (χ4v) is 2.86. The molecule has 2 rings (SSSR count). The van der Waals surface area contributed by atoms with E-state index in [4.69, 9.17) is 9.47 Å². The van der Waals surface area contributed by atoms with Crippen LogP contribution in [0.25, 0.3) is 0 Å². The van der Waals surface area contributed by atoms with Gasteiger partial charge in [-0.15, -0.1) is 0 Å². The molecule has 0 N–H and O–H groups in total. The molecule has 1 fully saturated rings. The fraction of sp³-hybridized carbons (Fsp3) is 0.786. The van der Waals surface area contributed by atoms with Crippen LogP contribution in [0.2, 0.25) is 0 Å². The third-order valence-corrected chi connectivity index (χ3v) is 3.92. The zero-order valence-electron chi connectivity index (χ0n) is 10.9. The Bertz CT molecular complexity index is 319. The highest BCUT2D eigenvalue weighted by atomic mass is 16.6. The molecule has 1 aliphatic heterocycles. The molecule has 96 valence electrons. The SMILES string of the molecule is CC1CCC(C(C)C)C(OC2=CCOC2=O)C1. The van der Waals surface area contributed by atoms with Crippen molar-refractivity contribution in [1.82, 2.24) is 0 Å². The minimum absolute atomic E-state index is 0.177. The maximum Gasteiger partial charge on any atom is 0.373 e. The van der Waals surface area contributed by atoms with Crippen LogP contribution in [-0.4, -0.2) is 18.7 Å². The molecule has 3 nitrogen and oxygen atoms in total. The highest BCUT2D eigenvalue weighted by molar-refractivity contribution is 5.88. The number of esters is 1. The summed E-state index contributed by atoms with van der Waals surface area (Å²) in [5.74, 6) is 1.97. The summed E-state index contributed by atoms with van der Waals surface area (Å²) in [4.78, 5) is 11.4. The van der Waals surface area contributed by atoms with Crippen LogP contribution in [0.1, 0.15) is 40.0 Å². The Kier molecular flexibility index (Phi) is 3.75. The predicted octanol–water partition coefficient (Wildman–Crippen LogP) is 2.90. The van der Waals surface area contributed by atoms with E-state index >= 15 is 0 Å². The van der Waals surface area contributed by atoms with E-state index < -0.39 is 0 Å². The lowest BCUT2D eigenvalue weighted by Gasteiger charge is -2.37. The van der Waals surface area contributed by atoms with Gasteiger partial charge >= 0.3 is 5.97 Å². The number of rotatable bonds is 3. The van der Waals surface area contributed by atoms with Gasteiger partial charge in [-0.25, -0.2) is 4.79 Å². The van der Waals surface area contributed by atoms with Crippen LogP contribution in [-0.2, 0) is 14.3 Å². The van der Waals surface area contributed by atoms with E-state index in [1.807, 2.05) is 0 Å². The zero-order chi connectivity index (χ0) is 12.4. The van der Waals surface area contributed by atoms with Crippen LogP contribution in [0, 0.1) is 17.8 Å². The predicted molar refractivity (Wildman–Crippen MR) is 65.3 cm³/mol. The summed E-state index contributed by atoms with van der Waals surface area (Å²) in [6.07, 6.45) is 5.44. The second-order valence-electron chi connectivity index (χ2n) is 5.65. The van der Waals surface area contributed by atoms with E-state index in [-0.39, 0.29) is 12.1 Å². The Balaban J connectivity index is 2.02.